The average Bonchev–Trinajstić information content (AvgIpc) is 2.56. The van der Waals surface area contributed by atoms with Gasteiger partial charge in [-0.25, -0.2) is 13.1 Å². The van der Waals surface area contributed by atoms with Crippen LogP contribution in [0, 0.1) is 0 Å². The molecule has 6 nitrogen and oxygen atoms in total. The van der Waals surface area contributed by atoms with Crippen LogP contribution in [-0.2, 0) is 25.7 Å². The number of piperidine rings is 1. The van der Waals surface area contributed by atoms with Crippen LogP contribution < -0.4 is 4.72 Å². The molecule has 1 N–H and O–H groups in total. The SMILES string of the molecule is COC(=O)CC1(NS(=O)(=O)c2ccc(Cl)c(C(F)(F)F)c2)CCN(C)CC1. The summed E-state index contributed by atoms with van der Waals surface area (Å²) < 4.78 is 71.8. The molecule has 1 aliphatic heterocycles. The minimum absolute atomic E-state index is 0.212. The van der Waals surface area contributed by atoms with Gasteiger partial charge in [0, 0.05) is 5.54 Å². The molecule has 0 amide bonds. The molecule has 0 aromatic heterocycles. The molecule has 0 radical (unpaired) electrons. The number of rotatable bonds is 5. The lowest BCUT2D eigenvalue weighted by atomic mass is 9.86. The van der Waals surface area contributed by atoms with Gasteiger partial charge < -0.3 is 9.64 Å². The Morgan fingerprint density at radius 2 is 1.93 bits per heavy atom. The molecular formula is C16H20ClF3N2O4S. The second-order valence-electron chi connectivity index (χ2n) is 6.58. The third-order valence-electron chi connectivity index (χ3n) is 4.56. The lowest BCUT2D eigenvalue weighted by molar-refractivity contribution is -0.142. The molecule has 1 heterocycles. The maximum atomic E-state index is 13.0. The molecule has 0 aliphatic carbocycles. The Morgan fingerprint density at radius 3 is 2.44 bits per heavy atom. The highest BCUT2D eigenvalue weighted by molar-refractivity contribution is 7.89. The number of likely N-dealkylation sites (tertiary alicyclic amines) is 1. The summed E-state index contributed by atoms with van der Waals surface area (Å²) in [6.07, 6.45) is -4.37. The molecule has 1 aromatic carbocycles. The van der Waals surface area contributed by atoms with E-state index in [9.17, 15) is 26.4 Å². The third kappa shape index (κ3) is 5.34. The minimum Gasteiger partial charge on any atom is -0.469 e. The molecule has 1 fully saturated rings. The van der Waals surface area contributed by atoms with Gasteiger partial charge in [0.05, 0.1) is 29.0 Å². The number of esters is 1. The summed E-state index contributed by atoms with van der Waals surface area (Å²) in [5.41, 5.74) is -2.37. The van der Waals surface area contributed by atoms with Gasteiger partial charge in [0.2, 0.25) is 10.0 Å². The molecule has 2 rings (SSSR count). The van der Waals surface area contributed by atoms with Crippen molar-refractivity contribution in [3.63, 3.8) is 0 Å². The van der Waals surface area contributed by atoms with Crippen LogP contribution in [0.25, 0.3) is 0 Å². The standard InChI is InChI=1S/C16H20ClF3N2O4S/c1-22-7-5-15(6-8-22,10-14(23)26-2)21-27(24,25)11-3-4-13(17)12(9-11)16(18,19)20/h3-4,9,21H,5-8,10H2,1-2H3. The Labute approximate surface area is 160 Å². The van der Waals surface area contributed by atoms with Crippen LogP contribution in [0.4, 0.5) is 13.2 Å². The first-order valence-corrected chi connectivity index (χ1v) is 9.91. The Bertz CT molecular complexity index is 806. The average molecular weight is 429 g/mol. The number of methoxy groups -OCH3 is 1. The van der Waals surface area contributed by atoms with Gasteiger partial charge >= 0.3 is 12.1 Å². The zero-order valence-electron chi connectivity index (χ0n) is 14.8. The van der Waals surface area contributed by atoms with E-state index in [2.05, 4.69) is 9.46 Å². The van der Waals surface area contributed by atoms with Gasteiger partial charge in [0.1, 0.15) is 0 Å². The maximum absolute atomic E-state index is 13.0. The van der Waals surface area contributed by atoms with E-state index in [0.29, 0.717) is 32.0 Å². The van der Waals surface area contributed by atoms with Crippen LogP contribution in [0.2, 0.25) is 5.02 Å². The highest BCUT2D eigenvalue weighted by Crippen LogP contribution is 2.36. The van der Waals surface area contributed by atoms with E-state index in [1.807, 2.05) is 11.9 Å². The fourth-order valence-corrected chi connectivity index (χ4v) is 4.65. The summed E-state index contributed by atoms with van der Waals surface area (Å²) in [5.74, 6) is -0.602. The van der Waals surface area contributed by atoms with E-state index in [1.165, 1.54) is 7.11 Å². The van der Waals surface area contributed by atoms with Gasteiger partial charge in [0.15, 0.2) is 0 Å². The predicted octanol–water partition coefficient (Wildman–Crippen LogP) is 2.66. The monoisotopic (exact) mass is 428 g/mol. The van der Waals surface area contributed by atoms with E-state index in [-0.39, 0.29) is 6.42 Å². The third-order valence-corrected chi connectivity index (χ3v) is 6.46. The summed E-state index contributed by atoms with van der Waals surface area (Å²) in [5, 5.41) is -0.593. The van der Waals surface area contributed by atoms with Crippen molar-refractivity contribution in [1.82, 2.24) is 9.62 Å². The van der Waals surface area contributed by atoms with E-state index >= 15 is 0 Å². The first-order chi connectivity index (χ1) is 12.4. The van der Waals surface area contributed by atoms with E-state index in [1.54, 1.807) is 0 Å². The van der Waals surface area contributed by atoms with Gasteiger partial charge in [-0.2, -0.15) is 13.2 Å². The molecule has 11 heteroatoms. The van der Waals surface area contributed by atoms with Gasteiger partial charge in [-0.1, -0.05) is 11.6 Å². The Balaban J connectivity index is 2.38. The molecule has 1 aromatic rings. The summed E-state index contributed by atoms with van der Waals surface area (Å²) in [6.45, 7) is 1.04. The first-order valence-electron chi connectivity index (χ1n) is 8.05. The van der Waals surface area contributed by atoms with Crippen molar-refractivity contribution in [2.75, 3.05) is 27.2 Å². The van der Waals surface area contributed by atoms with Gasteiger partial charge in [-0.05, 0) is 51.2 Å². The number of nitrogens with zero attached hydrogens (tertiary/aromatic N) is 1. The number of nitrogens with one attached hydrogen (secondary N) is 1. The predicted molar refractivity (Wildman–Crippen MR) is 92.9 cm³/mol. The van der Waals surface area contributed by atoms with E-state index < -0.39 is 43.2 Å². The second kappa shape index (κ2) is 7.94. The van der Waals surface area contributed by atoms with Gasteiger partial charge in [-0.3, -0.25) is 4.79 Å². The quantitative estimate of drug-likeness (QED) is 0.730. The number of alkyl halides is 3. The van der Waals surface area contributed by atoms with Crippen molar-refractivity contribution in [3.8, 4) is 0 Å². The van der Waals surface area contributed by atoms with Crippen LogP contribution >= 0.6 is 11.6 Å². The lowest BCUT2D eigenvalue weighted by Crippen LogP contribution is -2.55. The molecule has 0 unspecified atom stereocenters. The largest absolute Gasteiger partial charge is 0.469 e. The number of carbonyl (C=O) groups excluding carboxylic acids is 1. The Morgan fingerprint density at radius 1 is 1.33 bits per heavy atom. The summed E-state index contributed by atoms with van der Waals surface area (Å²) in [4.78, 5) is 13.2. The number of carbonyl (C=O) groups is 1. The first kappa shape index (κ1) is 21.9. The number of hydrogen-bond acceptors (Lipinski definition) is 5. The molecule has 0 bridgehead atoms. The van der Waals surface area contributed by atoms with Crippen LogP contribution in [0.15, 0.2) is 23.1 Å². The van der Waals surface area contributed by atoms with Crippen molar-refractivity contribution in [1.29, 1.82) is 0 Å². The van der Waals surface area contributed by atoms with Gasteiger partial charge in [0.25, 0.3) is 0 Å². The van der Waals surface area contributed by atoms with Crippen LogP contribution in [0.5, 0.6) is 0 Å². The fraction of sp³-hybridized carbons (Fsp3) is 0.562. The topological polar surface area (TPSA) is 75.7 Å². The molecule has 0 atom stereocenters. The number of ether oxygens (including phenoxy) is 1. The van der Waals surface area contributed by atoms with Gasteiger partial charge in [-0.15, -0.1) is 0 Å². The number of benzene rings is 1. The molecular weight excluding hydrogens is 409 g/mol. The maximum Gasteiger partial charge on any atom is 0.417 e. The molecule has 27 heavy (non-hydrogen) atoms. The molecule has 0 saturated carbocycles. The Hall–Kier alpha value is -1.36. The number of sulfonamides is 1. The zero-order valence-corrected chi connectivity index (χ0v) is 16.3. The molecule has 0 spiro atoms. The lowest BCUT2D eigenvalue weighted by Gasteiger charge is -2.40. The highest BCUT2D eigenvalue weighted by Gasteiger charge is 2.41. The minimum atomic E-state index is -4.79. The normalized spacial score (nSPS) is 18.3. The smallest absolute Gasteiger partial charge is 0.417 e. The summed E-state index contributed by atoms with van der Waals surface area (Å²) in [6, 6.07) is 2.38. The van der Waals surface area contributed by atoms with E-state index in [4.69, 9.17) is 11.6 Å². The summed E-state index contributed by atoms with van der Waals surface area (Å²) in [7, 11) is -1.28. The summed E-state index contributed by atoms with van der Waals surface area (Å²) >= 11 is 5.55. The van der Waals surface area contributed by atoms with Crippen molar-refractivity contribution in [2.24, 2.45) is 0 Å². The fourth-order valence-electron chi connectivity index (χ4n) is 2.94. The zero-order chi connectivity index (χ0) is 20.5. The molecule has 1 saturated heterocycles. The van der Waals surface area contributed by atoms with Crippen LogP contribution in [-0.4, -0.2) is 52.1 Å². The second-order valence-corrected chi connectivity index (χ2v) is 8.67. The van der Waals surface area contributed by atoms with Crippen LogP contribution in [0.3, 0.4) is 0 Å². The molecule has 1 aliphatic rings. The van der Waals surface area contributed by atoms with Crippen molar-refractivity contribution >= 4 is 27.6 Å². The van der Waals surface area contributed by atoms with E-state index in [0.717, 1.165) is 12.1 Å². The highest BCUT2D eigenvalue weighted by atomic mass is 35.5. The number of halogens is 4. The van der Waals surface area contributed by atoms with Crippen molar-refractivity contribution < 1.29 is 31.1 Å². The van der Waals surface area contributed by atoms with Crippen molar-refractivity contribution in [2.45, 2.75) is 35.9 Å². The van der Waals surface area contributed by atoms with Crippen molar-refractivity contribution in [3.05, 3.63) is 28.8 Å². The molecule has 152 valence electrons. The number of hydrogen-bond donors (Lipinski definition) is 1. The Kier molecular flexibility index (Phi) is 6.45. The van der Waals surface area contributed by atoms with Crippen LogP contribution in [0.1, 0.15) is 24.8 Å².